The van der Waals surface area contributed by atoms with E-state index in [1.54, 1.807) is 30.0 Å². The van der Waals surface area contributed by atoms with Crippen LogP contribution in [0.2, 0.25) is 0 Å². The zero-order valence-corrected chi connectivity index (χ0v) is 12.4. The average molecular weight is 318 g/mol. The van der Waals surface area contributed by atoms with Crippen molar-refractivity contribution in [2.24, 2.45) is 5.73 Å². The maximum absolute atomic E-state index is 12.4. The fourth-order valence-corrected chi connectivity index (χ4v) is 4.06. The van der Waals surface area contributed by atoms with Gasteiger partial charge in [-0.05, 0) is 18.1 Å². The minimum atomic E-state index is -1.48. The van der Waals surface area contributed by atoms with E-state index in [-0.39, 0.29) is 6.54 Å². The number of pyridine rings is 1. The molecule has 2 aromatic heterocycles. The first-order valence-corrected chi connectivity index (χ1v) is 7.56. The van der Waals surface area contributed by atoms with Gasteiger partial charge in [0.2, 0.25) is 0 Å². The van der Waals surface area contributed by atoms with E-state index in [4.69, 9.17) is 5.73 Å². The molecule has 2 aromatic rings. The molecule has 0 radical (unpaired) electrons. The molecule has 1 aliphatic heterocycles. The van der Waals surface area contributed by atoms with Gasteiger partial charge in [0.15, 0.2) is 5.54 Å². The van der Waals surface area contributed by atoms with E-state index < -0.39 is 23.5 Å². The molecule has 2 amide bonds. The summed E-state index contributed by atoms with van der Waals surface area (Å²) in [6.45, 7) is 0.220. The lowest BCUT2D eigenvalue weighted by molar-refractivity contribution is -0.129. The Morgan fingerprint density at radius 2 is 2.27 bits per heavy atom. The van der Waals surface area contributed by atoms with Crippen LogP contribution >= 0.6 is 11.3 Å². The number of nitrogens with zero attached hydrogens (tertiary/aromatic N) is 3. The summed E-state index contributed by atoms with van der Waals surface area (Å²) >= 11 is 1.23. The molecule has 22 heavy (non-hydrogen) atoms. The lowest BCUT2D eigenvalue weighted by Crippen LogP contribution is -2.55. The van der Waals surface area contributed by atoms with Crippen molar-refractivity contribution in [3.63, 3.8) is 0 Å². The van der Waals surface area contributed by atoms with E-state index in [0.717, 1.165) is 10.5 Å². The Morgan fingerprint density at radius 3 is 2.82 bits per heavy atom. The highest BCUT2D eigenvalue weighted by molar-refractivity contribution is 7.09. The molecule has 2 atom stereocenters. The van der Waals surface area contributed by atoms with Crippen molar-refractivity contribution < 1.29 is 14.7 Å². The number of carbonyl (C=O) groups excluding carboxylic acids is 1. The number of carboxylic acid groups (broad SMARTS) is 1. The van der Waals surface area contributed by atoms with Gasteiger partial charge in [-0.3, -0.25) is 14.7 Å². The molecule has 0 aromatic carbocycles. The Kier molecular flexibility index (Phi) is 3.53. The average Bonchev–Trinajstić information content (AvgIpc) is 3.15. The van der Waals surface area contributed by atoms with E-state index in [0.29, 0.717) is 11.4 Å². The normalized spacial score (nSPS) is 24.4. The summed E-state index contributed by atoms with van der Waals surface area (Å²) < 4.78 is 0. The van der Waals surface area contributed by atoms with Gasteiger partial charge in [0.1, 0.15) is 5.01 Å². The van der Waals surface area contributed by atoms with Crippen molar-refractivity contribution in [2.45, 2.75) is 17.9 Å². The van der Waals surface area contributed by atoms with Crippen molar-refractivity contribution in [1.82, 2.24) is 14.9 Å². The lowest BCUT2D eigenvalue weighted by Gasteiger charge is -2.36. The zero-order chi connectivity index (χ0) is 15.7. The topological polar surface area (TPSA) is 109 Å². The van der Waals surface area contributed by atoms with Crippen LogP contribution in [0.5, 0.6) is 0 Å². The van der Waals surface area contributed by atoms with Gasteiger partial charge in [0.05, 0.1) is 0 Å². The number of hydrogen-bond acceptors (Lipinski definition) is 5. The Morgan fingerprint density at radius 1 is 1.45 bits per heavy atom. The monoisotopic (exact) mass is 318 g/mol. The summed E-state index contributed by atoms with van der Waals surface area (Å²) in [4.78, 5) is 33.4. The molecule has 3 N–H and O–H groups in total. The van der Waals surface area contributed by atoms with Crippen LogP contribution in [0.15, 0.2) is 36.1 Å². The minimum Gasteiger partial charge on any atom is -0.465 e. The summed E-state index contributed by atoms with van der Waals surface area (Å²) in [5.74, 6) is -1.11. The summed E-state index contributed by atoms with van der Waals surface area (Å²) in [7, 11) is 0. The zero-order valence-electron chi connectivity index (χ0n) is 11.5. The number of aromatic nitrogens is 2. The van der Waals surface area contributed by atoms with Crippen LogP contribution in [0.4, 0.5) is 4.79 Å². The third kappa shape index (κ3) is 1.95. The first kappa shape index (κ1) is 14.5. The van der Waals surface area contributed by atoms with Gasteiger partial charge in [-0.1, -0.05) is 6.07 Å². The van der Waals surface area contributed by atoms with Crippen molar-refractivity contribution in [3.8, 4) is 0 Å². The maximum atomic E-state index is 12.4. The highest BCUT2D eigenvalue weighted by atomic mass is 32.1. The molecule has 3 heterocycles. The standard InChI is InChI=1S/C14H14N4O3S/c15-11(19)14(12-17-5-7-22-12)10(3-6-18(14)13(20)21)9-2-1-4-16-8-9/h1-2,4-5,7-8,10H,3,6H2,(H2,15,19)(H,20,21). The molecule has 0 spiro atoms. The summed E-state index contributed by atoms with van der Waals surface area (Å²) in [5, 5.41) is 11.6. The predicted octanol–water partition coefficient (Wildman–Crippen LogP) is 1.39. The number of nitrogens with two attached hydrogens (primary N) is 1. The Balaban J connectivity index is 2.22. The summed E-state index contributed by atoms with van der Waals surface area (Å²) in [5.41, 5.74) is 4.98. The lowest BCUT2D eigenvalue weighted by atomic mass is 9.80. The van der Waals surface area contributed by atoms with Crippen LogP contribution in [-0.2, 0) is 10.3 Å². The molecule has 8 heteroatoms. The van der Waals surface area contributed by atoms with Crippen LogP contribution in [0.25, 0.3) is 0 Å². The van der Waals surface area contributed by atoms with Crippen molar-refractivity contribution in [2.75, 3.05) is 6.54 Å². The number of primary amides is 1. The summed E-state index contributed by atoms with van der Waals surface area (Å²) in [6, 6.07) is 3.58. The smallest absolute Gasteiger partial charge is 0.408 e. The summed E-state index contributed by atoms with van der Waals surface area (Å²) in [6.07, 6.45) is 4.12. The SMILES string of the molecule is NC(=O)C1(c2nccs2)C(c2cccnc2)CCN1C(=O)O. The number of amides is 2. The highest BCUT2D eigenvalue weighted by Crippen LogP contribution is 2.49. The Labute approximate surface area is 130 Å². The minimum absolute atomic E-state index is 0.220. The number of hydrogen-bond donors (Lipinski definition) is 2. The second kappa shape index (κ2) is 5.38. The molecule has 0 bridgehead atoms. The Hall–Kier alpha value is -2.48. The second-order valence-corrected chi connectivity index (χ2v) is 5.92. The van der Waals surface area contributed by atoms with Gasteiger partial charge < -0.3 is 10.8 Å². The number of rotatable bonds is 3. The Bertz CT molecular complexity index is 691. The van der Waals surface area contributed by atoms with E-state index in [2.05, 4.69) is 9.97 Å². The fraction of sp³-hybridized carbons (Fsp3) is 0.286. The molecule has 1 aliphatic rings. The van der Waals surface area contributed by atoms with Crippen molar-refractivity contribution >= 4 is 23.3 Å². The van der Waals surface area contributed by atoms with Crippen LogP contribution in [0.3, 0.4) is 0 Å². The van der Waals surface area contributed by atoms with Gasteiger partial charge in [0.25, 0.3) is 5.91 Å². The van der Waals surface area contributed by atoms with E-state index in [1.165, 1.54) is 11.3 Å². The fourth-order valence-electron chi connectivity index (χ4n) is 3.15. The molecule has 3 rings (SSSR count). The van der Waals surface area contributed by atoms with Crippen LogP contribution in [-0.4, -0.2) is 38.5 Å². The molecular weight excluding hydrogens is 304 g/mol. The highest BCUT2D eigenvalue weighted by Gasteiger charge is 2.59. The number of likely N-dealkylation sites (tertiary alicyclic amines) is 1. The molecule has 1 saturated heterocycles. The van der Waals surface area contributed by atoms with Crippen molar-refractivity contribution in [3.05, 3.63) is 46.7 Å². The van der Waals surface area contributed by atoms with Gasteiger partial charge in [-0.15, -0.1) is 11.3 Å². The van der Waals surface area contributed by atoms with Gasteiger partial charge >= 0.3 is 6.09 Å². The van der Waals surface area contributed by atoms with E-state index >= 15 is 0 Å². The van der Waals surface area contributed by atoms with Gasteiger partial charge in [-0.2, -0.15) is 0 Å². The molecule has 1 fully saturated rings. The number of thiazole rings is 1. The third-order valence-corrected chi connectivity index (χ3v) is 4.92. The largest absolute Gasteiger partial charge is 0.465 e. The van der Waals surface area contributed by atoms with Crippen LogP contribution in [0.1, 0.15) is 22.9 Å². The maximum Gasteiger partial charge on any atom is 0.408 e. The molecular formula is C14H14N4O3S. The first-order chi connectivity index (χ1) is 10.6. The van der Waals surface area contributed by atoms with E-state index in [1.807, 2.05) is 6.07 Å². The quantitative estimate of drug-likeness (QED) is 0.888. The molecule has 0 aliphatic carbocycles. The van der Waals surface area contributed by atoms with E-state index in [9.17, 15) is 14.7 Å². The second-order valence-electron chi connectivity index (χ2n) is 5.03. The van der Waals surface area contributed by atoms with Gasteiger partial charge in [0, 0.05) is 36.4 Å². The molecule has 7 nitrogen and oxygen atoms in total. The molecule has 114 valence electrons. The third-order valence-electron chi connectivity index (χ3n) is 4.02. The van der Waals surface area contributed by atoms with Crippen LogP contribution in [0, 0.1) is 0 Å². The van der Waals surface area contributed by atoms with Crippen LogP contribution < -0.4 is 5.73 Å². The predicted molar refractivity (Wildman–Crippen MR) is 79.3 cm³/mol. The van der Waals surface area contributed by atoms with Gasteiger partial charge in [-0.25, -0.2) is 9.78 Å². The molecule has 0 saturated carbocycles. The van der Waals surface area contributed by atoms with Crippen molar-refractivity contribution in [1.29, 1.82) is 0 Å². The number of carbonyl (C=O) groups is 2. The molecule has 2 unspecified atom stereocenters. The first-order valence-electron chi connectivity index (χ1n) is 6.68.